The van der Waals surface area contributed by atoms with Crippen molar-refractivity contribution in [3.05, 3.63) is 39.9 Å². The van der Waals surface area contributed by atoms with Gasteiger partial charge in [0.1, 0.15) is 6.54 Å². The largest absolute Gasteiger partial charge is 1.00 e. The van der Waals surface area contributed by atoms with E-state index in [1.54, 1.807) is 12.1 Å². The molecule has 0 radical (unpaired) electrons. The van der Waals surface area contributed by atoms with Crippen molar-refractivity contribution in [3.8, 4) is 0 Å². The molecule has 0 aliphatic heterocycles. The number of benzene rings is 1. The van der Waals surface area contributed by atoms with Gasteiger partial charge in [0.15, 0.2) is 0 Å². The molecular formula is C10H15BrN2O2. The van der Waals surface area contributed by atoms with E-state index in [9.17, 15) is 10.1 Å². The molecule has 0 bridgehead atoms. The van der Waals surface area contributed by atoms with Crippen molar-refractivity contribution in [1.29, 1.82) is 0 Å². The van der Waals surface area contributed by atoms with E-state index in [0.29, 0.717) is 0 Å². The molecule has 0 saturated carbocycles. The lowest BCUT2D eigenvalue weighted by atomic mass is 10.2. The Morgan fingerprint density at radius 3 is 2.00 bits per heavy atom. The van der Waals surface area contributed by atoms with Crippen molar-refractivity contribution >= 4 is 5.69 Å². The minimum absolute atomic E-state index is 0. The summed E-state index contributed by atoms with van der Waals surface area (Å²) in [6, 6.07) is 6.71. The minimum Gasteiger partial charge on any atom is -1.00 e. The number of hydrogen-bond donors (Lipinski definition) is 0. The molecule has 0 saturated heterocycles. The van der Waals surface area contributed by atoms with Gasteiger partial charge in [-0.2, -0.15) is 0 Å². The number of nitrogens with zero attached hydrogens (tertiary/aromatic N) is 2. The van der Waals surface area contributed by atoms with Gasteiger partial charge in [0.25, 0.3) is 5.69 Å². The molecule has 0 unspecified atom stereocenters. The first kappa shape index (κ1) is 14.1. The average Bonchev–Trinajstić information content (AvgIpc) is 2.02. The van der Waals surface area contributed by atoms with E-state index in [2.05, 4.69) is 21.1 Å². The van der Waals surface area contributed by atoms with Crippen LogP contribution < -0.4 is 17.0 Å². The highest BCUT2D eigenvalue weighted by molar-refractivity contribution is 5.32. The average molecular weight is 275 g/mol. The van der Waals surface area contributed by atoms with Crippen LogP contribution in [0, 0.1) is 10.1 Å². The first-order valence-electron chi connectivity index (χ1n) is 4.42. The number of non-ortho nitro benzene ring substituents is 1. The summed E-state index contributed by atoms with van der Waals surface area (Å²) in [5, 5.41) is 10.4. The van der Waals surface area contributed by atoms with Crippen LogP contribution in [0.1, 0.15) is 5.56 Å². The molecule has 0 aromatic heterocycles. The predicted molar refractivity (Wildman–Crippen MR) is 54.8 cm³/mol. The van der Waals surface area contributed by atoms with E-state index < -0.39 is 0 Å². The third-order valence-electron chi connectivity index (χ3n) is 1.80. The van der Waals surface area contributed by atoms with Crippen molar-refractivity contribution in [3.63, 3.8) is 0 Å². The van der Waals surface area contributed by atoms with Crippen LogP contribution in [0.5, 0.6) is 0 Å². The highest BCUT2D eigenvalue weighted by Crippen LogP contribution is 2.13. The standard InChI is InChI=1S/C10H15N2O2.BrH/c1-12(2,3)8-9-4-6-10(7-5-9)11(13)14;/h4-7H,8H2,1-3H3;1H/q+1;/p-1. The zero-order valence-corrected chi connectivity index (χ0v) is 10.7. The van der Waals surface area contributed by atoms with E-state index in [1.807, 2.05) is 12.1 Å². The van der Waals surface area contributed by atoms with E-state index in [0.717, 1.165) is 16.6 Å². The first-order chi connectivity index (χ1) is 6.38. The maximum absolute atomic E-state index is 10.4. The molecule has 84 valence electrons. The second-order valence-electron chi connectivity index (χ2n) is 4.37. The molecule has 1 rings (SSSR count). The van der Waals surface area contributed by atoms with Crippen molar-refractivity contribution < 1.29 is 26.4 Å². The Balaban J connectivity index is 0.00000196. The van der Waals surface area contributed by atoms with Crippen LogP contribution in [0.25, 0.3) is 0 Å². The number of halogens is 1. The summed E-state index contributed by atoms with van der Waals surface area (Å²) in [6.45, 7) is 0.873. The summed E-state index contributed by atoms with van der Waals surface area (Å²) >= 11 is 0. The number of quaternary nitrogens is 1. The van der Waals surface area contributed by atoms with Gasteiger partial charge < -0.3 is 21.5 Å². The molecule has 0 aliphatic rings. The molecule has 5 heteroatoms. The van der Waals surface area contributed by atoms with Crippen molar-refractivity contribution in [2.45, 2.75) is 6.54 Å². The number of nitro benzene ring substituents is 1. The third kappa shape index (κ3) is 4.90. The Morgan fingerprint density at radius 2 is 1.67 bits per heavy atom. The summed E-state index contributed by atoms with van der Waals surface area (Å²) in [4.78, 5) is 10.0. The monoisotopic (exact) mass is 274 g/mol. The Labute approximate surface area is 100 Å². The van der Waals surface area contributed by atoms with E-state index in [4.69, 9.17) is 0 Å². The zero-order valence-electron chi connectivity index (χ0n) is 9.11. The fourth-order valence-electron chi connectivity index (χ4n) is 1.27. The lowest BCUT2D eigenvalue weighted by molar-refractivity contribution is -0.884. The Morgan fingerprint density at radius 1 is 1.20 bits per heavy atom. The van der Waals surface area contributed by atoms with Gasteiger partial charge in [0.05, 0.1) is 26.1 Å². The second kappa shape index (κ2) is 5.23. The summed E-state index contributed by atoms with van der Waals surface area (Å²) in [5.41, 5.74) is 1.26. The predicted octanol–water partition coefficient (Wildman–Crippen LogP) is -1.19. The molecule has 0 atom stereocenters. The molecule has 4 nitrogen and oxygen atoms in total. The van der Waals surface area contributed by atoms with Gasteiger partial charge in [-0.3, -0.25) is 10.1 Å². The van der Waals surface area contributed by atoms with E-state index in [-0.39, 0.29) is 27.6 Å². The summed E-state index contributed by atoms with van der Waals surface area (Å²) < 4.78 is 0.817. The molecule has 1 aromatic rings. The highest BCUT2D eigenvalue weighted by Gasteiger charge is 2.10. The number of nitro groups is 1. The van der Waals surface area contributed by atoms with Crippen molar-refractivity contribution in [2.75, 3.05) is 21.1 Å². The van der Waals surface area contributed by atoms with Crippen LogP contribution in [0.15, 0.2) is 24.3 Å². The topological polar surface area (TPSA) is 43.1 Å². The van der Waals surface area contributed by atoms with Crippen LogP contribution in [0.4, 0.5) is 5.69 Å². The summed E-state index contributed by atoms with van der Waals surface area (Å²) in [5.74, 6) is 0. The quantitative estimate of drug-likeness (QED) is 0.395. The number of hydrogen-bond acceptors (Lipinski definition) is 2. The second-order valence-corrected chi connectivity index (χ2v) is 4.37. The minimum atomic E-state index is -0.379. The van der Waals surface area contributed by atoms with Gasteiger partial charge in [0, 0.05) is 17.7 Å². The molecular weight excluding hydrogens is 260 g/mol. The van der Waals surface area contributed by atoms with Gasteiger partial charge in [-0.25, -0.2) is 0 Å². The summed E-state index contributed by atoms with van der Waals surface area (Å²) in [6.07, 6.45) is 0. The highest BCUT2D eigenvalue weighted by atomic mass is 79.9. The molecule has 0 fully saturated rings. The fraction of sp³-hybridized carbons (Fsp3) is 0.400. The van der Waals surface area contributed by atoms with Gasteiger partial charge >= 0.3 is 0 Å². The maximum Gasteiger partial charge on any atom is 0.269 e. The zero-order chi connectivity index (χ0) is 10.8. The normalized spacial score (nSPS) is 10.6. The molecule has 0 aliphatic carbocycles. The van der Waals surface area contributed by atoms with Gasteiger partial charge in [-0.05, 0) is 12.1 Å². The molecule has 0 amide bonds. The van der Waals surface area contributed by atoms with E-state index in [1.165, 1.54) is 0 Å². The van der Waals surface area contributed by atoms with Gasteiger partial charge in [-0.15, -0.1) is 0 Å². The summed E-state index contributed by atoms with van der Waals surface area (Å²) in [7, 11) is 6.25. The first-order valence-corrected chi connectivity index (χ1v) is 4.42. The van der Waals surface area contributed by atoms with Crippen LogP contribution >= 0.6 is 0 Å². The van der Waals surface area contributed by atoms with E-state index >= 15 is 0 Å². The van der Waals surface area contributed by atoms with Crippen molar-refractivity contribution in [1.82, 2.24) is 0 Å². The molecule has 0 heterocycles. The third-order valence-corrected chi connectivity index (χ3v) is 1.80. The maximum atomic E-state index is 10.4. The lowest BCUT2D eigenvalue weighted by Crippen LogP contribution is -3.00. The Kier molecular flexibility index (Phi) is 4.90. The van der Waals surface area contributed by atoms with Crippen LogP contribution in [-0.4, -0.2) is 30.5 Å². The fourth-order valence-corrected chi connectivity index (χ4v) is 1.27. The van der Waals surface area contributed by atoms with Crippen LogP contribution in [0.2, 0.25) is 0 Å². The Bertz CT molecular complexity index is 330. The van der Waals surface area contributed by atoms with Gasteiger partial charge in [-0.1, -0.05) is 0 Å². The molecule has 0 N–H and O–H groups in total. The van der Waals surface area contributed by atoms with Crippen molar-refractivity contribution in [2.24, 2.45) is 0 Å². The van der Waals surface area contributed by atoms with Crippen LogP contribution in [0.3, 0.4) is 0 Å². The van der Waals surface area contributed by atoms with Gasteiger partial charge in [0.2, 0.25) is 0 Å². The molecule has 1 aromatic carbocycles. The SMILES string of the molecule is C[N+](C)(C)Cc1ccc([N+](=O)[O-])cc1.[Br-]. The lowest BCUT2D eigenvalue weighted by Gasteiger charge is -2.23. The smallest absolute Gasteiger partial charge is 0.269 e. The molecule has 0 spiro atoms. The molecule has 15 heavy (non-hydrogen) atoms. The number of rotatable bonds is 3. The van der Waals surface area contributed by atoms with Crippen LogP contribution in [-0.2, 0) is 6.54 Å². The Hall–Kier alpha value is -0.940.